The van der Waals surface area contributed by atoms with E-state index in [1.54, 1.807) is 0 Å². The van der Waals surface area contributed by atoms with E-state index in [0.717, 1.165) is 34.4 Å². The smallest absolute Gasteiger partial charge is 0.383 e. The molecule has 0 aromatic heterocycles. The van der Waals surface area contributed by atoms with Gasteiger partial charge in [0.1, 0.15) is 6.54 Å². The molecule has 5 aromatic carbocycles. The quantitative estimate of drug-likeness (QED) is 0.106. The van der Waals surface area contributed by atoms with E-state index in [9.17, 15) is 13.2 Å². The maximum absolute atomic E-state index is 11.1. The molecule has 0 fully saturated rings. The Morgan fingerprint density at radius 1 is 0.774 bits per heavy atom. The summed E-state index contributed by atoms with van der Waals surface area (Å²) in [7, 11) is 0. The van der Waals surface area contributed by atoms with Gasteiger partial charge >= 0.3 is 6.18 Å². The summed E-state index contributed by atoms with van der Waals surface area (Å²) in [4.78, 5) is 4.43. The second-order valence-corrected chi connectivity index (χ2v) is 13.4. The number of anilines is 1. The van der Waals surface area contributed by atoms with Gasteiger partial charge in [0.2, 0.25) is 0 Å². The highest BCUT2D eigenvalue weighted by molar-refractivity contribution is 5.87. The number of alkyl halides is 3. The lowest BCUT2D eigenvalue weighted by Gasteiger charge is -2.27. The molecule has 276 valence electrons. The van der Waals surface area contributed by atoms with E-state index in [2.05, 4.69) is 148 Å². The molecule has 0 unspecified atom stereocenters. The predicted molar refractivity (Wildman–Crippen MR) is 221 cm³/mol. The van der Waals surface area contributed by atoms with Crippen molar-refractivity contribution in [2.45, 2.75) is 71.9 Å². The molecule has 1 aliphatic carbocycles. The lowest BCUT2D eigenvalue weighted by Crippen LogP contribution is -2.24. The molecule has 0 heterocycles. The Labute approximate surface area is 314 Å². The zero-order valence-electron chi connectivity index (χ0n) is 31.7. The molecular weight excluding hydrogens is 664 g/mol. The fraction of sp³-hybridized carbons (Fsp3) is 0.255. The summed E-state index contributed by atoms with van der Waals surface area (Å²) in [6, 6.07) is 40.9. The van der Waals surface area contributed by atoms with Crippen LogP contribution in [0.15, 0.2) is 140 Å². The van der Waals surface area contributed by atoms with Gasteiger partial charge in [-0.25, -0.2) is 0 Å². The topological polar surface area (TPSA) is 36.4 Å². The van der Waals surface area contributed by atoms with E-state index in [-0.39, 0.29) is 5.41 Å². The van der Waals surface area contributed by atoms with Crippen LogP contribution >= 0.6 is 0 Å². The monoisotopic (exact) mass is 715 g/mol. The summed E-state index contributed by atoms with van der Waals surface area (Å²) < 4.78 is 33.4. The van der Waals surface area contributed by atoms with Gasteiger partial charge in [0.15, 0.2) is 0 Å². The van der Waals surface area contributed by atoms with Gasteiger partial charge in [-0.05, 0) is 84.5 Å². The summed E-state index contributed by atoms with van der Waals surface area (Å²) in [5.74, 6) is 0. The van der Waals surface area contributed by atoms with Gasteiger partial charge in [0, 0.05) is 28.6 Å². The van der Waals surface area contributed by atoms with E-state index >= 15 is 0 Å². The zero-order chi connectivity index (χ0) is 38.4. The molecule has 6 rings (SSSR count). The molecule has 0 spiro atoms. The van der Waals surface area contributed by atoms with Crippen LogP contribution in [0.1, 0.15) is 74.3 Å². The molecule has 5 aromatic rings. The third-order valence-corrected chi connectivity index (χ3v) is 9.53. The van der Waals surface area contributed by atoms with Crippen LogP contribution < -0.4 is 10.6 Å². The summed E-state index contributed by atoms with van der Waals surface area (Å²) in [5.41, 5.74) is 14.8. The third-order valence-electron chi connectivity index (χ3n) is 9.53. The normalized spacial score (nSPS) is 12.4. The van der Waals surface area contributed by atoms with Crippen LogP contribution in [0.2, 0.25) is 0 Å². The van der Waals surface area contributed by atoms with E-state index in [1.807, 2.05) is 36.7 Å². The number of benzene rings is 5. The van der Waals surface area contributed by atoms with Gasteiger partial charge in [-0.3, -0.25) is 4.99 Å². The number of aryl methyl sites for hydroxylation is 1. The van der Waals surface area contributed by atoms with Gasteiger partial charge < -0.3 is 10.6 Å². The van der Waals surface area contributed by atoms with Crippen molar-refractivity contribution < 1.29 is 13.2 Å². The van der Waals surface area contributed by atoms with Crippen molar-refractivity contribution in [3.05, 3.63) is 162 Å². The highest BCUT2D eigenvalue weighted by Crippen LogP contribution is 2.51. The maximum atomic E-state index is 11.1. The molecular formula is C47H52F3N3. The van der Waals surface area contributed by atoms with Gasteiger partial charge in [-0.15, -0.1) is 0 Å². The van der Waals surface area contributed by atoms with Crippen LogP contribution in [0.5, 0.6) is 0 Å². The van der Waals surface area contributed by atoms with Gasteiger partial charge in [0.25, 0.3) is 0 Å². The van der Waals surface area contributed by atoms with Gasteiger partial charge in [0.05, 0.1) is 5.69 Å². The summed E-state index contributed by atoms with van der Waals surface area (Å²) >= 11 is 0. The second kappa shape index (κ2) is 18.9. The number of unbranched alkanes of at least 4 members (excludes halogenated alkanes) is 2. The first kappa shape index (κ1) is 40.4. The fourth-order valence-corrected chi connectivity index (χ4v) is 6.73. The highest BCUT2D eigenvalue weighted by Gasteiger charge is 2.38. The Morgan fingerprint density at radius 3 is 1.91 bits per heavy atom. The number of halogens is 3. The molecule has 2 N–H and O–H groups in total. The molecule has 6 heteroatoms. The maximum Gasteiger partial charge on any atom is 0.405 e. The van der Waals surface area contributed by atoms with E-state index in [0.29, 0.717) is 0 Å². The molecule has 0 atom stereocenters. The van der Waals surface area contributed by atoms with Crippen molar-refractivity contribution in [1.29, 1.82) is 0 Å². The number of rotatable bonds is 11. The first-order valence-electron chi connectivity index (χ1n) is 18.2. The minimum atomic E-state index is -4.13. The molecule has 0 aliphatic heterocycles. The van der Waals surface area contributed by atoms with Crippen molar-refractivity contribution in [2.75, 3.05) is 11.9 Å². The molecule has 53 heavy (non-hydrogen) atoms. The van der Waals surface area contributed by atoms with Crippen LogP contribution in [0, 0.1) is 13.8 Å². The molecule has 3 nitrogen and oxygen atoms in total. The van der Waals surface area contributed by atoms with Crippen LogP contribution in [0.3, 0.4) is 0 Å². The van der Waals surface area contributed by atoms with Crippen molar-refractivity contribution >= 4 is 23.3 Å². The average molecular weight is 716 g/mol. The lowest BCUT2D eigenvalue weighted by atomic mass is 9.76. The standard InChI is InChI=1S/C24H24N2.C19H22.C4H6F3N/c1-5-25-23-11-8-12-24(18(23)3)26-19(4)21-9-6-7-10-22(21)20-15-13-17(2)14-16-20;1-3-4-9-14-19(2)17-12-7-5-10-15(17)16-11-6-8-13-18(16)19;1-2-8-3-4(5,6)7/h5-16,26H,4H2,1-3H3;5-8,10-13H,3-4,9,14H2,1-2H3;2,8H,1,3H2. The third kappa shape index (κ3) is 10.6. The number of fused-ring (bicyclic) bond motifs is 3. The number of hydrogen-bond donors (Lipinski definition) is 2. The van der Waals surface area contributed by atoms with Crippen molar-refractivity contribution in [3.63, 3.8) is 0 Å². The fourth-order valence-electron chi connectivity index (χ4n) is 6.73. The minimum Gasteiger partial charge on any atom is -0.383 e. The first-order chi connectivity index (χ1) is 25.4. The summed E-state index contributed by atoms with van der Waals surface area (Å²) in [6.07, 6.45) is 3.89. The Hall–Kier alpha value is -5.36. The Morgan fingerprint density at radius 2 is 1.36 bits per heavy atom. The molecule has 1 aliphatic rings. The van der Waals surface area contributed by atoms with E-state index in [1.165, 1.54) is 64.6 Å². The SMILES string of the molecule is C=C(Nc1cccc(N=CC)c1C)c1ccccc1-c1ccc(C)cc1.C=CNCC(F)(F)F.CCCCCC1(C)c2ccccc2-c2ccccc21. The van der Waals surface area contributed by atoms with Gasteiger partial charge in [-0.2, -0.15) is 13.2 Å². The zero-order valence-corrected chi connectivity index (χ0v) is 31.7. The number of hydrogen-bond acceptors (Lipinski definition) is 3. The Bertz CT molecular complexity index is 1940. The van der Waals surface area contributed by atoms with E-state index < -0.39 is 12.7 Å². The van der Waals surface area contributed by atoms with Gasteiger partial charge in [-0.1, -0.05) is 155 Å². The number of nitrogens with zero attached hydrogens (tertiary/aromatic N) is 1. The van der Waals surface area contributed by atoms with Crippen molar-refractivity contribution in [1.82, 2.24) is 5.32 Å². The Balaban J connectivity index is 0.000000203. The second-order valence-electron chi connectivity index (χ2n) is 13.4. The van der Waals surface area contributed by atoms with Crippen molar-refractivity contribution in [2.24, 2.45) is 4.99 Å². The lowest BCUT2D eigenvalue weighted by molar-refractivity contribution is -0.122. The molecule has 0 saturated carbocycles. The van der Waals surface area contributed by atoms with Crippen LogP contribution in [0.4, 0.5) is 24.5 Å². The van der Waals surface area contributed by atoms with Crippen LogP contribution in [0.25, 0.3) is 28.0 Å². The van der Waals surface area contributed by atoms with Crippen LogP contribution in [-0.2, 0) is 5.41 Å². The highest BCUT2D eigenvalue weighted by atomic mass is 19.4. The molecule has 0 saturated heterocycles. The Kier molecular flexibility index (Phi) is 14.4. The first-order valence-corrected chi connectivity index (χ1v) is 18.2. The predicted octanol–water partition coefficient (Wildman–Crippen LogP) is 13.6. The average Bonchev–Trinajstić information content (AvgIpc) is 3.41. The van der Waals surface area contributed by atoms with Crippen LogP contribution in [-0.4, -0.2) is 18.9 Å². The number of nitrogens with one attached hydrogen (secondary N) is 2. The summed E-state index contributed by atoms with van der Waals surface area (Å²) in [5, 5.41) is 5.41. The largest absolute Gasteiger partial charge is 0.405 e. The molecule has 0 amide bonds. The summed E-state index contributed by atoms with van der Waals surface area (Å²) in [6.45, 7) is 17.1. The molecule has 0 bridgehead atoms. The van der Waals surface area contributed by atoms with E-state index in [4.69, 9.17) is 0 Å². The molecule has 0 radical (unpaired) electrons. The minimum absolute atomic E-state index is 0.211. The van der Waals surface area contributed by atoms with Crippen molar-refractivity contribution in [3.8, 4) is 22.3 Å². The number of aliphatic imine (C=N–C) groups is 1.